The van der Waals surface area contributed by atoms with E-state index in [0.29, 0.717) is 0 Å². The van der Waals surface area contributed by atoms with Crippen LogP contribution in [0.4, 0.5) is 18.9 Å². The molecule has 1 unspecified atom stereocenters. The normalized spacial score (nSPS) is 20.4. The van der Waals surface area contributed by atoms with Gasteiger partial charge in [-0.15, -0.1) is 0 Å². The van der Waals surface area contributed by atoms with Gasteiger partial charge < -0.3 is 10.0 Å². The van der Waals surface area contributed by atoms with Gasteiger partial charge in [-0.25, -0.2) is 0 Å². The number of amides is 1. The van der Waals surface area contributed by atoms with Crippen LogP contribution in [0.25, 0.3) is 0 Å². The van der Waals surface area contributed by atoms with Crippen molar-refractivity contribution in [3.63, 3.8) is 0 Å². The first-order chi connectivity index (χ1) is 11.9. The van der Waals surface area contributed by atoms with Crippen molar-refractivity contribution in [2.75, 3.05) is 13.1 Å². The highest BCUT2D eigenvalue weighted by Crippen LogP contribution is 2.45. The Labute approximate surface area is 145 Å². The molecule has 1 amide bonds. The number of carboxylic acid groups (broad SMARTS) is 1. The Balaban J connectivity index is 2.07. The van der Waals surface area contributed by atoms with Crippen LogP contribution < -0.4 is 0 Å². The summed E-state index contributed by atoms with van der Waals surface area (Å²) < 4.78 is 40.6. The fourth-order valence-electron chi connectivity index (χ4n) is 3.08. The van der Waals surface area contributed by atoms with Gasteiger partial charge in [-0.2, -0.15) is 18.3 Å². The highest BCUT2D eigenvalue weighted by molar-refractivity contribution is 5.81. The van der Waals surface area contributed by atoms with Crippen molar-refractivity contribution in [1.82, 2.24) is 14.7 Å². The number of nitrogens with zero attached hydrogens (tertiary/aromatic N) is 4. The van der Waals surface area contributed by atoms with Gasteiger partial charge in [0.2, 0.25) is 5.91 Å². The SMILES string of the molecule is Cc1nn(CCC(=O)N2CCC(C(=O)O)(C(F)(F)F)C2)c(C)c1[N+](=O)[O-]. The average Bonchev–Trinajstić information content (AvgIpc) is 3.07. The fraction of sp³-hybridized carbons (Fsp3) is 0.643. The van der Waals surface area contributed by atoms with Gasteiger partial charge in [0.05, 0.1) is 11.5 Å². The van der Waals surface area contributed by atoms with Gasteiger partial charge in [-0.1, -0.05) is 0 Å². The molecule has 0 saturated carbocycles. The van der Waals surface area contributed by atoms with Crippen LogP contribution in [0.15, 0.2) is 0 Å². The minimum Gasteiger partial charge on any atom is -0.481 e. The lowest BCUT2D eigenvalue weighted by Gasteiger charge is -2.27. The standard InChI is InChI=1S/C14H17F3N4O5/c1-8-11(21(25)26)9(2)20(18-8)5-3-10(22)19-6-4-13(7-19,12(23)24)14(15,16)17/h3-7H2,1-2H3,(H,23,24). The molecule has 1 aromatic rings. The van der Waals surface area contributed by atoms with E-state index in [1.165, 1.54) is 18.5 Å². The first kappa shape index (κ1) is 19.7. The van der Waals surface area contributed by atoms with Crippen LogP contribution >= 0.6 is 0 Å². The molecule has 9 nitrogen and oxygen atoms in total. The molecule has 2 rings (SSSR count). The maximum Gasteiger partial charge on any atom is 0.406 e. The molecular formula is C14H17F3N4O5. The molecule has 0 aromatic carbocycles. The van der Waals surface area contributed by atoms with Gasteiger partial charge in [0.15, 0.2) is 5.41 Å². The number of carboxylic acids is 1. The summed E-state index contributed by atoms with van der Waals surface area (Å²) in [6.45, 7) is 1.58. The summed E-state index contributed by atoms with van der Waals surface area (Å²) in [5.41, 5.74) is -2.74. The molecule has 2 heterocycles. The van der Waals surface area contributed by atoms with Crippen LogP contribution in [0.2, 0.25) is 0 Å². The third kappa shape index (κ3) is 3.22. The molecule has 1 aliphatic heterocycles. The van der Waals surface area contributed by atoms with Gasteiger partial charge in [-0.05, 0) is 20.3 Å². The van der Waals surface area contributed by atoms with Gasteiger partial charge in [0.25, 0.3) is 0 Å². The molecule has 144 valence electrons. The second-order valence-electron chi connectivity index (χ2n) is 6.20. The summed E-state index contributed by atoms with van der Waals surface area (Å²) in [6.07, 6.45) is -5.92. The smallest absolute Gasteiger partial charge is 0.406 e. The van der Waals surface area contributed by atoms with Crippen molar-refractivity contribution in [2.24, 2.45) is 5.41 Å². The zero-order valence-corrected chi connectivity index (χ0v) is 14.0. The van der Waals surface area contributed by atoms with Gasteiger partial charge in [-0.3, -0.25) is 24.4 Å². The first-order valence-corrected chi connectivity index (χ1v) is 7.67. The van der Waals surface area contributed by atoms with Crippen LogP contribution in [-0.4, -0.2) is 55.9 Å². The lowest BCUT2D eigenvalue weighted by Crippen LogP contribution is -2.47. The molecule has 1 saturated heterocycles. The van der Waals surface area contributed by atoms with E-state index in [0.717, 1.165) is 4.90 Å². The van der Waals surface area contributed by atoms with E-state index in [2.05, 4.69) is 5.10 Å². The van der Waals surface area contributed by atoms with Crippen molar-refractivity contribution < 1.29 is 32.8 Å². The number of carbonyl (C=O) groups excluding carboxylic acids is 1. The number of aliphatic carboxylic acids is 1. The Morgan fingerprint density at radius 2 is 2.00 bits per heavy atom. The monoisotopic (exact) mass is 378 g/mol. The number of likely N-dealkylation sites (tertiary alicyclic amines) is 1. The molecule has 1 atom stereocenters. The highest BCUT2D eigenvalue weighted by atomic mass is 19.4. The Morgan fingerprint density at radius 1 is 1.38 bits per heavy atom. The summed E-state index contributed by atoms with van der Waals surface area (Å²) in [5.74, 6) is -2.66. The van der Waals surface area contributed by atoms with Crippen LogP contribution in [0.3, 0.4) is 0 Å². The number of hydrogen-bond donors (Lipinski definition) is 1. The van der Waals surface area contributed by atoms with Crippen molar-refractivity contribution in [3.8, 4) is 0 Å². The summed E-state index contributed by atoms with van der Waals surface area (Å²) in [4.78, 5) is 34.5. The maximum absolute atomic E-state index is 13.1. The Kier molecular flexibility index (Phi) is 4.97. The highest BCUT2D eigenvalue weighted by Gasteiger charge is 2.64. The molecule has 12 heteroatoms. The summed E-state index contributed by atoms with van der Waals surface area (Å²) >= 11 is 0. The van der Waals surface area contributed by atoms with Crippen molar-refractivity contribution in [1.29, 1.82) is 0 Å². The number of alkyl halides is 3. The lowest BCUT2D eigenvalue weighted by atomic mass is 9.86. The van der Waals surface area contributed by atoms with Crippen LogP contribution in [-0.2, 0) is 16.1 Å². The molecule has 26 heavy (non-hydrogen) atoms. The summed E-state index contributed by atoms with van der Waals surface area (Å²) in [7, 11) is 0. The third-order valence-electron chi connectivity index (χ3n) is 4.64. The van der Waals surface area contributed by atoms with Crippen LogP contribution in [0, 0.1) is 29.4 Å². The molecular weight excluding hydrogens is 361 g/mol. The second-order valence-corrected chi connectivity index (χ2v) is 6.20. The van der Waals surface area contributed by atoms with Gasteiger partial charge in [0.1, 0.15) is 11.4 Å². The van der Waals surface area contributed by atoms with Crippen molar-refractivity contribution in [3.05, 3.63) is 21.5 Å². The molecule has 1 aliphatic rings. The Bertz CT molecular complexity index is 760. The molecule has 0 radical (unpaired) electrons. The Morgan fingerprint density at radius 3 is 2.42 bits per heavy atom. The average molecular weight is 378 g/mol. The third-order valence-corrected chi connectivity index (χ3v) is 4.64. The molecule has 1 aromatic heterocycles. The van der Waals surface area contributed by atoms with E-state index < -0.39 is 41.4 Å². The van der Waals surface area contributed by atoms with Crippen LogP contribution in [0.1, 0.15) is 24.2 Å². The topological polar surface area (TPSA) is 119 Å². The van der Waals surface area contributed by atoms with Gasteiger partial charge >= 0.3 is 17.8 Å². The van der Waals surface area contributed by atoms with Crippen LogP contribution in [0.5, 0.6) is 0 Å². The zero-order valence-electron chi connectivity index (χ0n) is 14.0. The van der Waals surface area contributed by atoms with Crippen molar-refractivity contribution >= 4 is 17.6 Å². The Hall–Kier alpha value is -2.66. The van der Waals surface area contributed by atoms with E-state index in [9.17, 15) is 32.9 Å². The molecule has 0 spiro atoms. The second kappa shape index (κ2) is 6.57. The number of hydrogen-bond acceptors (Lipinski definition) is 5. The minimum atomic E-state index is -4.97. The van der Waals surface area contributed by atoms with E-state index >= 15 is 0 Å². The summed E-state index contributed by atoms with van der Waals surface area (Å²) in [5, 5.41) is 23.9. The molecule has 0 bridgehead atoms. The quantitative estimate of drug-likeness (QED) is 0.615. The predicted molar refractivity (Wildman–Crippen MR) is 80.3 cm³/mol. The number of halogens is 3. The first-order valence-electron chi connectivity index (χ1n) is 7.67. The van der Waals surface area contributed by atoms with Gasteiger partial charge in [0, 0.05) is 19.5 Å². The zero-order chi connectivity index (χ0) is 19.9. The molecule has 0 aliphatic carbocycles. The van der Waals surface area contributed by atoms with E-state index in [4.69, 9.17) is 5.11 Å². The number of aromatic nitrogens is 2. The fourth-order valence-corrected chi connectivity index (χ4v) is 3.08. The van der Waals surface area contributed by atoms with Crippen molar-refractivity contribution in [2.45, 2.75) is 39.4 Å². The summed E-state index contributed by atoms with van der Waals surface area (Å²) in [6, 6.07) is 0. The predicted octanol–water partition coefficient (Wildman–Crippen LogP) is 1.66. The van der Waals surface area contributed by atoms with E-state index in [1.807, 2.05) is 0 Å². The number of carbonyl (C=O) groups is 2. The van der Waals surface area contributed by atoms with E-state index in [-0.39, 0.29) is 36.6 Å². The largest absolute Gasteiger partial charge is 0.481 e. The maximum atomic E-state index is 13.1. The number of rotatable bonds is 5. The lowest BCUT2D eigenvalue weighted by molar-refractivity contribution is -0.386. The molecule has 1 N–H and O–H groups in total. The molecule has 1 fully saturated rings. The van der Waals surface area contributed by atoms with E-state index in [1.54, 1.807) is 0 Å². The minimum absolute atomic E-state index is 0.0536. The number of aryl methyl sites for hydroxylation is 2. The number of nitro groups is 1.